The molecule has 0 aromatic heterocycles. The van der Waals surface area contributed by atoms with Crippen LogP contribution in [0.1, 0.15) is 39.5 Å². The van der Waals surface area contributed by atoms with Crippen LogP contribution < -0.4 is 5.73 Å². The lowest BCUT2D eigenvalue weighted by Gasteiger charge is -2.18. The summed E-state index contributed by atoms with van der Waals surface area (Å²) in [5.41, 5.74) is 5.57. The summed E-state index contributed by atoms with van der Waals surface area (Å²) >= 11 is 0. The zero-order chi connectivity index (χ0) is 9.84. The molecule has 1 saturated carbocycles. The quantitative estimate of drug-likeness (QED) is 0.677. The maximum absolute atomic E-state index is 11.3. The van der Waals surface area contributed by atoms with Crippen molar-refractivity contribution in [3.63, 3.8) is 0 Å². The van der Waals surface area contributed by atoms with Crippen LogP contribution in [0, 0.1) is 5.92 Å². The normalized spacial score (nSPS) is 30.1. The highest BCUT2D eigenvalue weighted by Gasteiger charge is 2.28. The van der Waals surface area contributed by atoms with Crippen molar-refractivity contribution < 1.29 is 9.53 Å². The monoisotopic (exact) mass is 185 g/mol. The summed E-state index contributed by atoms with van der Waals surface area (Å²) in [7, 11) is 0. The molecule has 0 aromatic carbocycles. The fourth-order valence-electron chi connectivity index (χ4n) is 1.69. The minimum atomic E-state index is -0.437. The van der Waals surface area contributed by atoms with E-state index in [1.54, 1.807) is 0 Å². The Morgan fingerprint density at radius 1 is 1.62 bits per heavy atom. The van der Waals surface area contributed by atoms with E-state index in [0.29, 0.717) is 12.3 Å². The lowest BCUT2D eigenvalue weighted by molar-refractivity contribution is -0.152. The van der Waals surface area contributed by atoms with E-state index in [-0.39, 0.29) is 12.1 Å². The molecule has 3 unspecified atom stereocenters. The summed E-state index contributed by atoms with van der Waals surface area (Å²) in [6.07, 6.45) is 4.10. The van der Waals surface area contributed by atoms with Crippen LogP contribution in [0.3, 0.4) is 0 Å². The molecule has 0 aliphatic heterocycles. The average Bonchev–Trinajstić information content (AvgIpc) is 2.50. The number of carbonyl (C=O) groups excluding carboxylic acids is 1. The van der Waals surface area contributed by atoms with Crippen molar-refractivity contribution >= 4 is 5.97 Å². The lowest BCUT2D eigenvalue weighted by atomic mass is 10.1. The van der Waals surface area contributed by atoms with Crippen LogP contribution in [0.25, 0.3) is 0 Å². The van der Waals surface area contributed by atoms with Crippen LogP contribution in [0.2, 0.25) is 0 Å². The van der Waals surface area contributed by atoms with E-state index in [0.717, 1.165) is 6.42 Å². The van der Waals surface area contributed by atoms with Crippen molar-refractivity contribution in [3.05, 3.63) is 0 Å². The minimum absolute atomic E-state index is 0.116. The van der Waals surface area contributed by atoms with Crippen LogP contribution in [-0.4, -0.2) is 18.1 Å². The first-order valence-corrected chi connectivity index (χ1v) is 5.11. The SMILES string of the molecule is CCC(N)C(=O)OC1CCCC1C. The van der Waals surface area contributed by atoms with Gasteiger partial charge in [-0.05, 0) is 31.6 Å². The molecule has 13 heavy (non-hydrogen) atoms. The molecular formula is C10H19NO2. The Labute approximate surface area is 79.6 Å². The molecule has 3 nitrogen and oxygen atoms in total. The molecule has 3 atom stereocenters. The molecule has 1 fully saturated rings. The van der Waals surface area contributed by atoms with Gasteiger partial charge >= 0.3 is 5.97 Å². The van der Waals surface area contributed by atoms with Gasteiger partial charge in [0, 0.05) is 0 Å². The second kappa shape index (κ2) is 4.61. The number of esters is 1. The zero-order valence-corrected chi connectivity index (χ0v) is 8.45. The lowest BCUT2D eigenvalue weighted by Crippen LogP contribution is -2.35. The molecule has 76 valence electrons. The number of carbonyl (C=O) groups is 1. The number of ether oxygens (including phenoxy) is 1. The third-order valence-electron chi connectivity index (χ3n) is 2.79. The maximum atomic E-state index is 11.3. The van der Waals surface area contributed by atoms with Crippen LogP contribution in [0.4, 0.5) is 0 Å². The van der Waals surface area contributed by atoms with Gasteiger partial charge in [-0.1, -0.05) is 13.8 Å². The Hall–Kier alpha value is -0.570. The van der Waals surface area contributed by atoms with Crippen molar-refractivity contribution in [3.8, 4) is 0 Å². The molecule has 1 aliphatic carbocycles. The van der Waals surface area contributed by atoms with Crippen molar-refractivity contribution in [2.75, 3.05) is 0 Å². The van der Waals surface area contributed by atoms with E-state index < -0.39 is 6.04 Å². The minimum Gasteiger partial charge on any atom is -0.461 e. The Kier molecular flexibility index (Phi) is 3.72. The molecule has 0 radical (unpaired) electrons. The zero-order valence-electron chi connectivity index (χ0n) is 8.45. The molecule has 1 rings (SSSR count). The Balaban J connectivity index is 2.35. The van der Waals surface area contributed by atoms with Gasteiger partial charge in [-0.25, -0.2) is 0 Å². The van der Waals surface area contributed by atoms with Crippen molar-refractivity contribution in [1.82, 2.24) is 0 Å². The van der Waals surface area contributed by atoms with E-state index in [1.165, 1.54) is 12.8 Å². The van der Waals surface area contributed by atoms with Gasteiger partial charge in [-0.15, -0.1) is 0 Å². The summed E-state index contributed by atoms with van der Waals surface area (Å²) in [4.78, 5) is 11.3. The van der Waals surface area contributed by atoms with Gasteiger partial charge in [-0.2, -0.15) is 0 Å². The van der Waals surface area contributed by atoms with Gasteiger partial charge in [0.1, 0.15) is 12.1 Å². The number of hydrogen-bond acceptors (Lipinski definition) is 3. The van der Waals surface area contributed by atoms with E-state index in [9.17, 15) is 4.79 Å². The van der Waals surface area contributed by atoms with E-state index >= 15 is 0 Å². The molecular weight excluding hydrogens is 166 g/mol. The van der Waals surface area contributed by atoms with Crippen molar-refractivity contribution in [2.24, 2.45) is 11.7 Å². The maximum Gasteiger partial charge on any atom is 0.323 e. The molecule has 2 N–H and O–H groups in total. The summed E-state index contributed by atoms with van der Waals surface area (Å²) < 4.78 is 5.31. The van der Waals surface area contributed by atoms with Crippen LogP contribution in [0.5, 0.6) is 0 Å². The largest absolute Gasteiger partial charge is 0.461 e. The summed E-state index contributed by atoms with van der Waals surface area (Å²) in [6.45, 7) is 4.02. The Morgan fingerprint density at radius 3 is 2.77 bits per heavy atom. The van der Waals surface area contributed by atoms with Crippen LogP contribution in [-0.2, 0) is 9.53 Å². The third kappa shape index (κ3) is 2.69. The van der Waals surface area contributed by atoms with Crippen molar-refractivity contribution in [2.45, 2.75) is 51.7 Å². The third-order valence-corrected chi connectivity index (χ3v) is 2.79. The van der Waals surface area contributed by atoms with Gasteiger partial charge in [0.15, 0.2) is 0 Å². The summed E-state index contributed by atoms with van der Waals surface area (Å²) in [5, 5.41) is 0. The first kappa shape index (κ1) is 10.5. The fraction of sp³-hybridized carbons (Fsp3) is 0.900. The van der Waals surface area contributed by atoms with E-state index in [4.69, 9.17) is 10.5 Å². The van der Waals surface area contributed by atoms with Crippen LogP contribution >= 0.6 is 0 Å². The molecule has 0 bridgehead atoms. The molecule has 0 heterocycles. The van der Waals surface area contributed by atoms with Gasteiger partial charge in [-0.3, -0.25) is 4.79 Å². The van der Waals surface area contributed by atoms with Gasteiger partial charge in [0.2, 0.25) is 0 Å². The second-order valence-corrected chi connectivity index (χ2v) is 3.90. The summed E-state index contributed by atoms with van der Waals surface area (Å²) in [5.74, 6) is 0.272. The molecule has 0 saturated heterocycles. The topological polar surface area (TPSA) is 52.3 Å². The van der Waals surface area contributed by atoms with E-state index in [1.807, 2.05) is 6.92 Å². The highest BCUT2D eigenvalue weighted by molar-refractivity contribution is 5.75. The molecule has 3 heteroatoms. The fourth-order valence-corrected chi connectivity index (χ4v) is 1.69. The van der Waals surface area contributed by atoms with Crippen LogP contribution in [0.15, 0.2) is 0 Å². The number of rotatable bonds is 3. The van der Waals surface area contributed by atoms with Gasteiger partial charge in [0.05, 0.1) is 0 Å². The Bertz CT molecular complexity index is 182. The molecule has 1 aliphatic rings. The smallest absolute Gasteiger partial charge is 0.323 e. The predicted octanol–water partition coefficient (Wildman–Crippen LogP) is 1.46. The second-order valence-electron chi connectivity index (χ2n) is 3.90. The highest BCUT2D eigenvalue weighted by Crippen LogP contribution is 2.27. The summed E-state index contributed by atoms with van der Waals surface area (Å²) in [6, 6.07) is -0.437. The molecule has 0 spiro atoms. The standard InChI is InChI=1S/C10H19NO2/c1-3-8(11)10(12)13-9-6-4-5-7(9)2/h7-9H,3-6,11H2,1-2H3. The number of hydrogen-bond donors (Lipinski definition) is 1. The van der Waals surface area contributed by atoms with E-state index in [2.05, 4.69) is 6.92 Å². The first-order valence-electron chi connectivity index (χ1n) is 5.11. The predicted molar refractivity (Wildman–Crippen MR) is 51.2 cm³/mol. The average molecular weight is 185 g/mol. The molecule has 0 amide bonds. The number of nitrogens with two attached hydrogens (primary N) is 1. The van der Waals surface area contributed by atoms with Gasteiger partial charge in [0.25, 0.3) is 0 Å². The highest BCUT2D eigenvalue weighted by atomic mass is 16.5. The first-order chi connectivity index (χ1) is 6.15. The Morgan fingerprint density at radius 2 is 2.31 bits per heavy atom. The molecule has 0 aromatic rings. The van der Waals surface area contributed by atoms with Gasteiger partial charge < -0.3 is 10.5 Å². The van der Waals surface area contributed by atoms with Crippen molar-refractivity contribution in [1.29, 1.82) is 0 Å².